The molecule has 1 aromatic heterocycles. The molecule has 0 spiro atoms. The van der Waals surface area contributed by atoms with Gasteiger partial charge in [-0.05, 0) is 114 Å². The fourth-order valence-corrected chi connectivity index (χ4v) is 8.54. The summed E-state index contributed by atoms with van der Waals surface area (Å²) in [6.07, 6.45) is 12.3. The Labute approximate surface area is 287 Å². The van der Waals surface area contributed by atoms with Gasteiger partial charge in [-0.2, -0.15) is 10.5 Å². The van der Waals surface area contributed by atoms with E-state index in [4.69, 9.17) is 0 Å². The van der Waals surface area contributed by atoms with Crippen LogP contribution in [0, 0.1) is 28.6 Å². The van der Waals surface area contributed by atoms with E-state index in [2.05, 4.69) is 138 Å². The summed E-state index contributed by atoms with van der Waals surface area (Å²) in [4.78, 5) is 2.42. The number of rotatable bonds is 4. The van der Waals surface area contributed by atoms with Crippen LogP contribution in [-0.4, -0.2) is 10.6 Å². The molecule has 0 fully saturated rings. The van der Waals surface area contributed by atoms with Crippen LogP contribution in [-0.2, 0) is 6.42 Å². The zero-order valence-electron chi connectivity index (χ0n) is 27.3. The van der Waals surface area contributed by atoms with Crippen LogP contribution in [0.5, 0.6) is 0 Å². The number of nitrogens with zero attached hydrogens (tertiary/aromatic N) is 4. The van der Waals surface area contributed by atoms with Crippen molar-refractivity contribution in [2.75, 3.05) is 4.90 Å². The number of anilines is 2. The molecule has 5 aromatic carbocycles. The van der Waals surface area contributed by atoms with Gasteiger partial charge in [-0.15, -0.1) is 0 Å². The van der Waals surface area contributed by atoms with E-state index in [9.17, 15) is 10.5 Å². The number of hydrogen-bond donors (Lipinski definition) is 0. The summed E-state index contributed by atoms with van der Waals surface area (Å²) in [6.45, 7) is 2.31. The third kappa shape index (κ3) is 4.64. The lowest BCUT2D eigenvalue weighted by Gasteiger charge is -2.36. The van der Waals surface area contributed by atoms with Crippen LogP contribution in [0.3, 0.4) is 0 Å². The quantitative estimate of drug-likeness (QED) is 0.182. The van der Waals surface area contributed by atoms with Crippen molar-refractivity contribution in [2.45, 2.75) is 38.1 Å². The molecule has 4 nitrogen and oxygen atoms in total. The Morgan fingerprint density at radius 1 is 0.714 bits per heavy atom. The molecule has 3 aliphatic rings. The molecule has 234 valence electrons. The summed E-state index contributed by atoms with van der Waals surface area (Å²) < 4.78 is 2.43. The Kier molecular flexibility index (Phi) is 6.85. The average molecular weight is 631 g/mol. The summed E-state index contributed by atoms with van der Waals surface area (Å²) in [6, 6.07) is 43.5. The zero-order valence-corrected chi connectivity index (χ0v) is 27.3. The molecular formula is C45H34N4. The van der Waals surface area contributed by atoms with E-state index in [1.54, 1.807) is 0 Å². The Morgan fingerprint density at radius 3 is 2.45 bits per heavy atom. The molecule has 9 rings (SSSR count). The minimum Gasteiger partial charge on any atom is -0.337 e. The van der Waals surface area contributed by atoms with E-state index in [-0.39, 0.29) is 12.0 Å². The fraction of sp³-hybridized carbons (Fsp3) is 0.156. The zero-order chi connectivity index (χ0) is 33.1. The largest absolute Gasteiger partial charge is 0.337 e. The highest BCUT2D eigenvalue weighted by atomic mass is 15.2. The van der Waals surface area contributed by atoms with Gasteiger partial charge in [-0.3, -0.25) is 0 Å². The predicted molar refractivity (Wildman–Crippen MR) is 199 cm³/mol. The van der Waals surface area contributed by atoms with Crippen LogP contribution in [0.4, 0.5) is 11.4 Å². The van der Waals surface area contributed by atoms with Gasteiger partial charge in [0.25, 0.3) is 0 Å². The summed E-state index contributed by atoms with van der Waals surface area (Å²) in [7, 11) is 0. The van der Waals surface area contributed by atoms with Crippen molar-refractivity contribution in [3.05, 3.63) is 155 Å². The first-order chi connectivity index (χ1) is 24.1. The summed E-state index contributed by atoms with van der Waals surface area (Å²) >= 11 is 0. The minimum atomic E-state index is 0.200. The SMILES string of the molecule is CC1CC=CC2c3cc(C#N)ccc3N(c3cc(C#N)cc(-c4cccc(-c5ccccc5-n5c6c(c7ccccc75)CCC=C6)c4)c3)C12. The molecule has 0 saturated heterocycles. The van der Waals surface area contributed by atoms with E-state index in [1.165, 1.54) is 27.7 Å². The van der Waals surface area contributed by atoms with Gasteiger partial charge >= 0.3 is 0 Å². The first kappa shape index (κ1) is 29.1. The second kappa shape index (κ2) is 11.6. The van der Waals surface area contributed by atoms with E-state index >= 15 is 0 Å². The Hall–Kier alpha value is -6.10. The molecule has 6 aromatic rings. The number of benzene rings is 5. The highest BCUT2D eigenvalue weighted by molar-refractivity contribution is 5.92. The number of hydrogen-bond acceptors (Lipinski definition) is 3. The molecule has 2 heterocycles. The molecule has 0 radical (unpaired) electrons. The number of fused-ring (bicyclic) bond motifs is 6. The first-order valence-electron chi connectivity index (χ1n) is 17.2. The second-order valence-electron chi connectivity index (χ2n) is 13.5. The van der Waals surface area contributed by atoms with Gasteiger partial charge in [0.05, 0.1) is 34.5 Å². The van der Waals surface area contributed by atoms with Crippen molar-refractivity contribution < 1.29 is 0 Å². The maximum absolute atomic E-state index is 10.3. The van der Waals surface area contributed by atoms with Crippen LogP contribution in [0.15, 0.2) is 127 Å². The highest BCUT2D eigenvalue weighted by Gasteiger charge is 2.42. The van der Waals surface area contributed by atoms with Crippen molar-refractivity contribution in [1.29, 1.82) is 10.5 Å². The lowest BCUT2D eigenvalue weighted by molar-refractivity contribution is 0.424. The topological polar surface area (TPSA) is 55.8 Å². The Balaban J connectivity index is 1.17. The third-order valence-electron chi connectivity index (χ3n) is 10.7. The lowest BCUT2D eigenvalue weighted by Crippen LogP contribution is -2.37. The van der Waals surface area contributed by atoms with Crippen molar-refractivity contribution in [3.63, 3.8) is 0 Å². The minimum absolute atomic E-state index is 0.200. The van der Waals surface area contributed by atoms with Gasteiger partial charge in [-0.1, -0.05) is 79.7 Å². The van der Waals surface area contributed by atoms with Gasteiger partial charge in [0.2, 0.25) is 0 Å². The van der Waals surface area contributed by atoms with Crippen molar-refractivity contribution in [2.24, 2.45) is 5.92 Å². The standard InChI is InChI=1S/C45H34N4/c1-29-10-8-16-39-40-24-30(27-46)20-21-44(40)48(45(29)39)35-23-31(28-47)22-34(26-35)32-11-9-12-33(25-32)36-13-2-5-17-41(36)49-42-18-6-3-14-37(42)38-15-4-7-19-43(38)49/h2-3,5-9,11-14,16-26,29,39,45H,4,10,15H2,1H3. The van der Waals surface area contributed by atoms with E-state index in [0.29, 0.717) is 17.0 Å². The fourth-order valence-electron chi connectivity index (χ4n) is 8.54. The van der Waals surface area contributed by atoms with Crippen LogP contribution in [0.2, 0.25) is 0 Å². The van der Waals surface area contributed by atoms with E-state index < -0.39 is 0 Å². The number of allylic oxidation sites excluding steroid dienone is 2. The number of aromatic nitrogens is 1. The molecule has 0 saturated carbocycles. The van der Waals surface area contributed by atoms with Gasteiger partial charge in [0.15, 0.2) is 0 Å². The molecule has 0 N–H and O–H groups in total. The first-order valence-corrected chi connectivity index (χ1v) is 17.2. The Bertz CT molecular complexity index is 2450. The van der Waals surface area contributed by atoms with Gasteiger partial charge in [0, 0.05) is 40.0 Å². The van der Waals surface area contributed by atoms with Crippen LogP contribution in [0.25, 0.3) is 44.9 Å². The maximum atomic E-state index is 10.3. The molecule has 3 atom stereocenters. The predicted octanol–water partition coefficient (Wildman–Crippen LogP) is 10.9. The molecule has 4 heteroatoms. The highest BCUT2D eigenvalue weighted by Crippen LogP contribution is 2.51. The van der Waals surface area contributed by atoms with Crippen LogP contribution >= 0.6 is 0 Å². The molecule has 2 aliphatic carbocycles. The number of aryl methyl sites for hydroxylation is 1. The molecule has 0 amide bonds. The maximum Gasteiger partial charge on any atom is 0.0992 e. The lowest BCUT2D eigenvalue weighted by atomic mass is 9.81. The van der Waals surface area contributed by atoms with Crippen LogP contribution < -0.4 is 4.90 Å². The van der Waals surface area contributed by atoms with Gasteiger partial charge in [-0.25, -0.2) is 0 Å². The smallest absolute Gasteiger partial charge is 0.0992 e. The average Bonchev–Trinajstić information content (AvgIpc) is 3.68. The molecule has 49 heavy (non-hydrogen) atoms. The second-order valence-corrected chi connectivity index (χ2v) is 13.5. The van der Waals surface area contributed by atoms with Crippen molar-refractivity contribution >= 4 is 28.4 Å². The molecule has 0 bridgehead atoms. The van der Waals surface area contributed by atoms with Crippen molar-refractivity contribution in [3.8, 4) is 40.1 Å². The van der Waals surface area contributed by atoms with E-state index in [1.807, 2.05) is 24.3 Å². The van der Waals surface area contributed by atoms with Crippen LogP contribution in [0.1, 0.15) is 53.6 Å². The van der Waals surface area contributed by atoms with E-state index in [0.717, 1.165) is 58.6 Å². The monoisotopic (exact) mass is 630 g/mol. The molecular weight excluding hydrogens is 597 g/mol. The normalized spacial score (nSPS) is 18.8. The number of para-hydroxylation sites is 2. The Morgan fingerprint density at radius 2 is 1.55 bits per heavy atom. The summed E-state index contributed by atoms with van der Waals surface area (Å²) in [5.74, 6) is 0.610. The number of nitriles is 2. The summed E-state index contributed by atoms with van der Waals surface area (Å²) in [5, 5.41) is 21.3. The molecule has 1 aliphatic heterocycles. The van der Waals surface area contributed by atoms with Crippen molar-refractivity contribution in [1.82, 2.24) is 4.57 Å². The van der Waals surface area contributed by atoms with Gasteiger partial charge < -0.3 is 9.47 Å². The third-order valence-corrected chi connectivity index (χ3v) is 10.7. The molecule has 3 unspecified atom stereocenters. The summed E-state index contributed by atoms with van der Waals surface area (Å²) in [5.41, 5.74) is 14.1. The van der Waals surface area contributed by atoms with Gasteiger partial charge in [0.1, 0.15) is 0 Å².